The summed E-state index contributed by atoms with van der Waals surface area (Å²) in [6.45, 7) is 0.449. The van der Waals surface area contributed by atoms with Crippen LogP contribution in [-0.4, -0.2) is 40.1 Å². The lowest BCUT2D eigenvalue weighted by molar-refractivity contribution is -0.134. The van der Waals surface area contributed by atoms with Crippen LogP contribution in [0.4, 0.5) is 0 Å². The van der Waals surface area contributed by atoms with Crippen LogP contribution in [0.5, 0.6) is 0 Å². The zero-order valence-corrected chi connectivity index (χ0v) is 13.1. The van der Waals surface area contributed by atoms with Gasteiger partial charge in [0.15, 0.2) is 0 Å². The number of aliphatic hydroxyl groups is 1. The van der Waals surface area contributed by atoms with Crippen molar-refractivity contribution in [2.75, 3.05) is 13.2 Å². The van der Waals surface area contributed by atoms with Crippen molar-refractivity contribution in [3.8, 4) is 0 Å². The standard InChI is InChI=1S/C14H21ClN2O2S/c15-9-11-10-20-13(16-11)8-14(19)17(6-7-18)12-4-2-1-3-5-12/h10,12,18H,1-9H2. The largest absolute Gasteiger partial charge is 0.395 e. The zero-order valence-electron chi connectivity index (χ0n) is 11.6. The molecule has 2 rings (SSSR count). The fraction of sp³-hybridized carbons (Fsp3) is 0.714. The molecule has 0 radical (unpaired) electrons. The number of amides is 1. The topological polar surface area (TPSA) is 53.4 Å². The van der Waals surface area contributed by atoms with Crippen molar-refractivity contribution in [1.29, 1.82) is 0 Å². The fourth-order valence-electron chi connectivity index (χ4n) is 2.73. The Balaban J connectivity index is 1.98. The van der Waals surface area contributed by atoms with Gasteiger partial charge in [0, 0.05) is 18.0 Å². The van der Waals surface area contributed by atoms with Gasteiger partial charge in [-0.2, -0.15) is 0 Å². The highest BCUT2D eigenvalue weighted by Gasteiger charge is 2.25. The highest BCUT2D eigenvalue weighted by atomic mass is 35.5. The number of halogens is 1. The Hall–Kier alpha value is -0.650. The lowest BCUT2D eigenvalue weighted by Crippen LogP contribution is -2.43. The van der Waals surface area contributed by atoms with E-state index in [9.17, 15) is 9.90 Å². The molecule has 1 aliphatic rings. The molecule has 4 nitrogen and oxygen atoms in total. The van der Waals surface area contributed by atoms with Crippen LogP contribution in [0, 0.1) is 0 Å². The van der Waals surface area contributed by atoms with Crippen LogP contribution in [0.3, 0.4) is 0 Å². The molecule has 0 bridgehead atoms. The third-order valence-corrected chi connectivity index (χ3v) is 4.89. The van der Waals surface area contributed by atoms with Gasteiger partial charge in [0.2, 0.25) is 5.91 Å². The summed E-state index contributed by atoms with van der Waals surface area (Å²) in [6, 6.07) is 0.288. The normalized spacial score (nSPS) is 16.3. The molecule has 0 atom stereocenters. The summed E-state index contributed by atoms with van der Waals surface area (Å²) in [5, 5.41) is 11.9. The van der Waals surface area contributed by atoms with Gasteiger partial charge in [0.05, 0.1) is 24.6 Å². The first-order chi connectivity index (χ1) is 9.74. The number of aromatic nitrogens is 1. The molecule has 0 aromatic carbocycles. The molecular formula is C14H21ClN2O2S. The molecule has 1 aliphatic carbocycles. The molecule has 1 saturated carbocycles. The smallest absolute Gasteiger partial charge is 0.229 e. The third-order valence-electron chi connectivity index (χ3n) is 3.72. The first-order valence-electron chi connectivity index (χ1n) is 7.14. The molecule has 1 N–H and O–H groups in total. The van der Waals surface area contributed by atoms with E-state index in [1.807, 2.05) is 10.3 Å². The van der Waals surface area contributed by atoms with E-state index >= 15 is 0 Å². The number of carbonyl (C=O) groups is 1. The van der Waals surface area contributed by atoms with Crippen molar-refractivity contribution in [3.05, 3.63) is 16.1 Å². The zero-order chi connectivity index (χ0) is 14.4. The van der Waals surface area contributed by atoms with Gasteiger partial charge in [-0.1, -0.05) is 19.3 Å². The maximum atomic E-state index is 12.4. The van der Waals surface area contributed by atoms with Crippen LogP contribution in [0.2, 0.25) is 0 Å². The summed E-state index contributed by atoms with van der Waals surface area (Å²) in [4.78, 5) is 18.6. The number of thiazole rings is 1. The molecule has 1 amide bonds. The second-order valence-corrected chi connectivity index (χ2v) is 6.36. The Kier molecular flexibility index (Phi) is 6.26. The van der Waals surface area contributed by atoms with Crippen molar-refractivity contribution >= 4 is 28.8 Å². The highest BCUT2D eigenvalue weighted by Crippen LogP contribution is 2.23. The van der Waals surface area contributed by atoms with Gasteiger partial charge in [-0.25, -0.2) is 4.98 Å². The van der Waals surface area contributed by atoms with Gasteiger partial charge in [0.1, 0.15) is 5.01 Å². The summed E-state index contributed by atoms with van der Waals surface area (Å²) < 4.78 is 0. The van der Waals surface area contributed by atoms with E-state index in [4.69, 9.17) is 11.6 Å². The predicted molar refractivity (Wildman–Crippen MR) is 81.0 cm³/mol. The number of carbonyl (C=O) groups excluding carboxylic acids is 1. The quantitative estimate of drug-likeness (QED) is 0.821. The van der Waals surface area contributed by atoms with Crippen molar-refractivity contribution < 1.29 is 9.90 Å². The first-order valence-corrected chi connectivity index (χ1v) is 8.55. The number of rotatable bonds is 6. The van der Waals surface area contributed by atoms with Crippen LogP contribution >= 0.6 is 22.9 Å². The Labute approximate surface area is 128 Å². The van der Waals surface area contributed by atoms with Crippen molar-refractivity contribution in [1.82, 2.24) is 9.88 Å². The third kappa shape index (κ3) is 4.17. The first kappa shape index (κ1) is 15.7. The predicted octanol–water partition coefficient (Wildman–Crippen LogP) is 2.58. The minimum Gasteiger partial charge on any atom is -0.395 e. The van der Waals surface area contributed by atoms with Gasteiger partial charge in [-0.15, -0.1) is 22.9 Å². The van der Waals surface area contributed by atoms with E-state index in [-0.39, 0.29) is 18.6 Å². The SMILES string of the molecule is O=C(Cc1nc(CCl)cs1)N(CCO)C1CCCCC1. The molecule has 0 saturated heterocycles. The van der Waals surface area contributed by atoms with Gasteiger partial charge in [-0.05, 0) is 12.8 Å². The van der Waals surface area contributed by atoms with Crippen LogP contribution in [0.25, 0.3) is 0 Å². The number of nitrogens with zero attached hydrogens (tertiary/aromatic N) is 2. The molecule has 20 heavy (non-hydrogen) atoms. The summed E-state index contributed by atoms with van der Waals surface area (Å²) in [5.41, 5.74) is 0.825. The molecule has 1 aromatic heterocycles. The van der Waals surface area contributed by atoms with Crippen molar-refractivity contribution in [2.24, 2.45) is 0 Å². The van der Waals surface area contributed by atoms with E-state index in [1.165, 1.54) is 30.6 Å². The molecule has 0 unspecified atom stereocenters. The summed E-state index contributed by atoms with van der Waals surface area (Å²) in [5.74, 6) is 0.453. The average Bonchev–Trinajstić information content (AvgIpc) is 2.93. The van der Waals surface area contributed by atoms with Gasteiger partial charge in [0.25, 0.3) is 0 Å². The van der Waals surface area contributed by atoms with Gasteiger partial charge < -0.3 is 10.0 Å². The molecule has 1 aromatic rings. The van der Waals surface area contributed by atoms with E-state index in [0.717, 1.165) is 23.5 Å². The van der Waals surface area contributed by atoms with Crippen LogP contribution in [-0.2, 0) is 17.1 Å². The molecule has 6 heteroatoms. The maximum Gasteiger partial charge on any atom is 0.229 e. The lowest BCUT2D eigenvalue weighted by atomic mass is 9.94. The van der Waals surface area contributed by atoms with Crippen molar-refractivity contribution in [2.45, 2.75) is 50.4 Å². The monoisotopic (exact) mass is 316 g/mol. The Bertz CT molecular complexity index is 433. The lowest BCUT2D eigenvalue weighted by Gasteiger charge is -2.34. The Morgan fingerprint density at radius 2 is 2.20 bits per heavy atom. The molecule has 1 heterocycles. The summed E-state index contributed by atoms with van der Waals surface area (Å²) in [6.07, 6.45) is 6.02. The number of aliphatic hydroxyl groups excluding tert-OH is 1. The Morgan fingerprint density at radius 3 is 2.80 bits per heavy atom. The molecule has 0 spiro atoms. The van der Waals surface area contributed by atoms with E-state index in [2.05, 4.69) is 4.98 Å². The molecule has 112 valence electrons. The summed E-state index contributed by atoms with van der Waals surface area (Å²) >= 11 is 7.21. The van der Waals surface area contributed by atoms with Gasteiger partial charge >= 0.3 is 0 Å². The van der Waals surface area contributed by atoms with Gasteiger partial charge in [-0.3, -0.25) is 4.79 Å². The number of hydrogen-bond acceptors (Lipinski definition) is 4. The minimum atomic E-state index is 0.0209. The minimum absolute atomic E-state index is 0.0209. The van der Waals surface area contributed by atoms with Crippen LogP contribution < -0.4 is 0 Å². The Morgan fingerprint density at radius 1 is 1.45 bits per heavy atom. The van der Waals surface area contributed by atoms with Crippen molar-refractivity contribution in [3.63, 3.8) is 0 Å². The number of hydrogen-bond donors (Lipinski definition) is 1. The second kappa shape index (κ2) is 7.96. The molecular weight excluding hydrogens is 296 g/mol. The molecule has 1 fully saturated rings. The molecule has 0 aliphatic heterocycles. The number of alkyl halides is 1. The average molecular weight is 317 g/mol. The van der Waals surface area contributed by atoms with E-state index < -0.39 is 0 Å². The van der Waals surface area contributed by atoms with E-state index in [1.54, 1.807) is 0 Å². The summed E-state index contributed by atoms with van der Waals surface area (Å²) in [7, 11) is 0. The van der Waals surface area contributed by atoms with Crippen LogP contribution in [0.1, 0.15) is 42.8 Å². The van der Waals surface area contributed by atoms with E-state index in [0.29, 0.717) is 18.8 Å². The maximum absolute atomic E-state index is 12.4. The fourth-order valence-corrected chi connectivity index (χ4v) is 3.75. The second-order valence-electron chi connectivity index (χ2n) is 5.15. The van der Waals surface area contributed by atoms with Crippen LogP contribution in [0.15, 0.2) is 5.38 Å². The highest BCUT2D eigenvalue weighted by molar-refractivity contribution is 7.09.